The molecule has 0 radical (unpaired) electrons. The zero-order valence-corrected chi connectivity index (χ0v) is 9.78. The van der Waals surface area contributed by atoms with Gasteiger partial charge in [-0.2, -0.15) is 5.26 Å². The average Bonchev–Trinajstić information content (AvgIpc) is 2.81. The molecule has 2 aromatic heterocycles. The molecular formula is C11H8N4OS. The number of pyridine rings is 1. The molecular weight excluding hydrogens is 236 g/mol. The second-order valence-electron chi connectivity index (χ2n) is 3.37. The Labute approximate surface area is 102 Å². The lowest BCUT2D eigenvalue weighted by Crippen LogP contribution is -2.15. The minimum Gasteiger partial charge on any atom is -0.364 e. The monoisotopic (exact) mass is 244 g/mol. The molecule has 2 N–H and O–H groups in total. The van der Waals surface area contributed by atoms with Crippen LogP contribution < -0.4 is 5.73 Å². The van der Waals surface area contributed by atoms with Crippen molar-refractivity contribution in [3.63, 3.8) is 0 Å². The third-order valence-corrected chi connectivity index (χ3v) is 2.95. The van der Waals surface area contributed by atoms with Crippen LogP contribution in [0.4, 0.5) is 0 Å². The predicted molar refractivity (Wildman–Crippen MR) is 63.3 cm³/mol. The molecule has 0 unspecified atom stereocenters. The fourth-order valence-corrected chi connectivity index (χ4v) is 2.15. The molecule has 0 saturated heterocycles. The number of carbonyl (C=O) groups is 1. The molecule has 0 aliphatic heterocycles. The number of hydrogen-bond acceptors (Lipinski definition) is 5. The molecule has 0 aliphatic rings. The zero-order valence-electron chi connectivity index (χ0n) is 8.97. The Bertz CT molecular complexity index is 613. The van der Waals surface area contributed by atoms with Crippen LogP contribution in [-0.4, -0.2) is 15.9 Å². The second kappa shape index (κ2) is 4.31. The van der Waals surface area contributed by atoms with Crippen LogP contribution in [0.15, 0.2) is 17.1 Å². The summed E-state index contributed by atoms with van der Waals surface area (Å²) >= 11 is 1.42. The first kappa shape index (κ1) is 11.2. The number of nitrogens with zero attached hydrogens (tertiary/aromatic N) is 3. The van der Waals surface area contributed by atoms with Gasteiger partial charge in [0.15, 0.2) is 0 Å². The van der Waals surface area contributed by atoms with Crippen LogP contribution in [0, 0.1) is 18.3 Å². The predicted octanol–water partition coefficient (Wildman–Crippen LogP) is 1.48. The zero-order chi connectivity index (χ0) is 12.4. The topological polar surface area (TPSA) is 92.7 Å². The van der Waals surface area contributed by atoms with E-state index in [9.17, 15) is 4.79 Å². The molecule has 2 rings (SSSR count). The molecule has 5 nitrogen and oxygen atoms in total. The number of primary amides is 1. The van der Waals surface area contributed by atoms with Gasteiger partial charge in [0.1, 0.15) is 11.8 Å². The molecule has 0 spiro atoms. The lowest BCUT2D eigenvalue weighted by Gasteiger charge is -2.08. The number of rotatable bonds is 2. The summed E-state index contributed by atoms with van der Waals surface area (Å²) in [5, 5.41) is 10.9. The van der Waals surface area contributed by atoms with E-state index in [1.165, 1.54) is 17.5 Å². The van der Waals surface area contributed by atoms with Gasteiger partial charge >= 0.3 is 0 Å². The SMILES string of the molecule is Cc1c(C(N)=O)ncc(C#N)c1-c1cscn1. The Hall–Kier alpha value is -2.26. The number of aromatic nitrogens is 2. The Morgan fingerprint density at radius 3 is 2.82 bits per heavy atom. The first-order chi connectivity index (χ1) is 8.15. The lowest BCUT2D eigenvalue weighted by molar-refractivity contribution is 0.0995. The van der Waals surface area contributed by atoms with Gasteiger partial charge in [0.25, 0.3) is 5.91 Å². The smallest absolute Gasteiger partial charge is 0.267 e. The van der Waals surface area contributed by atoms with Crippen molar-refractivity contribution in [3.8, 4) is 17.3 Å². The van der Waals surface area contributed by atoms with Gasteiger partial charge in [0.2, 0.25) is 0 Å². The summed E-state index contributed by atoms with van der Waals surface area (Å²) in [6, 6.07) is 2.04. The molecule has 2 heterocycles. The summed E-state index contributed by atoms with van der Waals surface area (Å²) in [7, 11) is 0. The fourth-order valence-electron chi connectivity index (χ4n) is 1.61. The summed E-state index contributed by atoms with van der Waals surface area (Å²) in [4.78, 5) is 19.2. The summed E-state index contributed by atoms with van der Waals surface area (Å²) in [6.45, 7) is 1.71. The molecule has 1 amide bonds. The van der Waals surface area contributed by atoms with E-state index in [0.29, 0.717) is 22.4 Å². The van der Waals surface area contributed by atoms with Gasteiger partial charge in [0, 0.05) is 17.1 Å². The summed E-state index contributed by atoms with van der Waals surface area (Å²) < 4.78 is 0. The third-order valence-electron chi connectivity index (χ3n) is 2.36. The van der Waals surface area contributed by atoms with E-state index in [1.807, 2.05) is 11.4 Å². The Morgan fingerprint density at radius 2 is 2.29 bits per heavy atom. The maximum absolute atomic E-state index is 11.2. The van der Waals surface area contributed by atoms with Crippen LogP contribution in [0.5, 0.6) is 0 Å². The maximum Gasteiger partial charge on any atom is 0.267 e. The van der Waals surface area contributed by atoms with E-state index in [1.54, 1.807) is 12.4 Å². The van der Waals surface area contributed by atoms with Crippen LogP contribution in [0.1, 0.15) is 21.6 Å². The van der Waals surface area contributed by atoms with Crippen molar-refractivity contribution >= 4 is 17.2 Å². The number of carbonyl (C=O) groups excluding carboxylic acids is 1. The van der Waals surface area contributed by atoms with Gasteiger partial charge in [0.05, 0.1) is 16.8 Å². The second-order valence-corrected chi connectivity index (χ2v) is 4.09. The number of thiazole rings is 1. The molecule has 0 bridgehead atoms. The fraction of sp³-hybridized carbons (Fsp3) is 0.0909. The van der Waals surface area contributed by atoms with Crippen LogP contribution in [0.25, 0.3) is 11.3 Å². The van der Waals surface area contributed by atoms with Gasteiger partial charge in [-0.25, -0.2) is 9.97 Å². The summed E-state index contributed by atoms with van der Waals surface area (Å²) in [6.07, 6.45) is 1.35. The molecule has 0 fully saturated rings. The van der Waals surface area contributed by atoms with E-state index in [2.05, 4.69) is 9.97 Å². The van der Waals surface area contributed by atoms with Crippen molar-refractivity contribution in [2.24, 2.45) is 5.73 Å². The first-order valence-corrected chi connectivity index (χ1v) is 5.67. The highest BCUT2D eigenvalue weighted by Crippen LogP contribution is 2.27. The van der Waals surface area contributed by atoms with Crippen molar-refractivity contribution < 1.29 is 4.79 Å². The van der Waals surface area contributed by atoms with Crippen molar-refractivity contribution in [2.45, 2.75) is 6.92 Å². The normalized spacial score (nSPS) is 9.88. The Kier molecular flexibility index (Phi) is 2.85. The number of hydrogen-bond donors (Lipinski definition) is 1. The van der Waals surface area contributed by atoms with Crippen LogP contribution in [0.3, 0.4) is 0 Å². The standard InChI is InChI=1S/C11H8N4OS/c1-6-9(8-4-17-5-15-8)7(2-12)3-14-10(6)11(13)16/h3-5H,1H3,(H2,13,16). The average molecular weight is 244 g/mol. The maximum atomic E-state index is 11.2. The Balaban J connectivity index is 2.76. The van der Waals surface area contributed by atoms with E-state index in [-0.39, 0.29) is 5.69 Å². The van der Waals surface area contributed by atoms with Gasteiger partial charge in [-0.05, 0) is 12.5 Å². The van der Waals surface area contributed by atoms with Crippen molar-refractivity contribution in [3.05, 3.63) is 33.9 Å². The van der Waals surface area contributed by atoms with Crippen molar-refractivity contribution in [1.29, 1.82) is 5.26 Å². The van der Waals surface area contributed by atoms with Crippen LogP contribution >= 0.6 is 11.3 Å². The largest absolute Gasteiger partial charge is 0.364 e. The van der Waals surface area contributed by atoms with Crippen molar-refractivity contribution in [2.75, 3.05) is 0 Å². The quantitative estimate of drug-likeness (QED) is 0.865. The molecule has 0 aliphatic carbocycles. The van der Waals surface area contributed by atoms with E-state index in [4.69, 9.17) is 11.0 Å². The molecule has 84 valence electrons. The minimum atomic E-state index is -0.608. The van der Waals surface area contributed by atoms with Crippen molar-refractivity contribution in [1.82, 2.24) is 9.97 Å². The third kappa shape index (κ3) is 1.88. The van der Waals surface area contributed by atoms with E-state index in [0.717, 1.165) is 0 Å². The number of nitriles is 1. The Morgan fingerprint density at radius 1 is 1.53 bits per heavy atom. The first-order valence-electron chi connectivity index (χ1n) is 4.73. The van der Waals surface area contributed by atoms with Crippen LogP contribution in [0.2, 0.25) is 0 Å². The highest BCUT2D eigenvalue weighted by molar-refractivity contribution is 7.07. The highest BCUT2D eigenvalue weighted by atomic mass is 32.1. The highest BCUT2D eigenvalue weighted by Gasteiger charge is 2.17. The molecule has 6 heteroatoms. The molecule has 0 saturated carbocycles. The van der Waals surface area contributed by atoms with Gasteiger partial charge in [-0.15, -0.1) is 11.3 Å². The number of amides is 1. The van der Waals surface area contributed by atoms with E-state index < -0.39 is 5.91 Å². The number of nitrogens with two attached hydrogens (primary N) is 1. The molecule has 17 heavy (non-hydrogen) atoms. The lowest BCUT2D eigenvalue weighted by atomic mass is 10.0. The minimum absolute atomic E-state index is 0.173. The van der Waals surface area contributed by atoms with E-state index >= 15 is 0 Å². The summed E-state index contributed by atoms with van der Waals surface area (Å²) in [5.74, 6) is -0.608. The van der Waals surface area contributed by atoms with Crippen LogP contribution in [-0.2, 0) is 0 Å². The van der Waals surface area contributed by atoms with Gasteiger partial charge < -0.3 is 5.73 Å². The van der Waals surface area contributed by atoms with Gasteiger partial charge in [-0.3, -0.25) is 4.79 Å². The molecule has 2 aromatic rings. The van der Waals surface area contributed by atoms with Gasteiger partial charge in [-0.1, -0.05) is 0 Å². The molecule has 0 aromatic carbocycles. The molecule has 0 atom stereocenters. The summed E-state index contributed by atoms with van der Waals surface area (Å²) in [5.41, 5.74) is 9.32.